The number of fused-ring (bicyclic) bond motifs is 2. The van der Waals surface area contributed by atoms with Crippen LogP contribution in [0, 0.1) is 11.8 Å². The average molecular weight is 410 g/mol. The minimum Gasteiger partial charge on any atom is -0.328 e. The average Bonchev–Trinajstić information content (AvgIpc) is 3.20. The van der Waals surface area contributed by atoms with Crippen molar-refractivity contribution in [3.05, 3.63) is 34.9 Å². The van der Waals surface area contributed by atoms with E-state index in [1.54, 1.807) is 12.1 Å². The Bertz CT molecular complexity index is 945. The molecule has 1 aliphatic carbocycles. The fourth-order valence-corrected chi connectivity index (χ4v) is 5.57. The van der Waals surface area contributed by atoms with Gasteiger partial charge < -0.3 is 5.73 Å². The first-order chi connectivity index (χ1) is 14.4. The highest BCUT2D eigenvalue weighted by Crippen LogP contribution is 2.36. The highest BCUT2D eigenvalue weighted by atomic mass is 16.2. The van der Waals surface area contributed by atoms with E-state index in [1.807, 2.05) is 6.07 Å². The number of nitrogens with one attached hydrogen (secondary N) is 1. The van der Waals surface area contributed by atoms with Crippen LogP contribution in [-0.2, 0) is 16.1 Å². The third-order valence-corrected chi connectivity index (χ3v) is 7.08. The second-order valence-corrected chi connectivity index (χ2v) is 9.11. The maximum atomic E-state index is 13.0. The summed E-state index contributed by atoms with van der Waals surface area (Å²) in [6.45, 7) is 2.80. The van der Waals surface area contributed by atoms with Crippen LogP contribution in [0.1, 0.15) is 58.4 Å². The predicted molar refractivity (Wildman–Crippen MR) is 107 cm³/mol. The molecule has 30 heavy (non-hydrogen) atoms. The minimum atomic E-state index is -0.926. The van der Waals surface area contributed by atoms with E-state index in [1.165, 1.54) is 6.42 Å². The molecular weight excluding hydrogens is 384 g/mol. The molecule has 4 aliphatic rings. The summed E-state index contributed by atoms with van der Waals surface area (Å²) < 4.78 is 0. The Balaban J connectivity index is 1.32. The van der Waals surface area contributed by atoms with E-state index in [-0.39, 0.29) is 18.7 Å². The number of likely N-dealkylation sites (tertiary alicyclic amines) is 1. The minimum absolute atomic E-state index is 0.121. The number of carbonyl (C=O) groups excluding carboxylic acids is 4. The van der Waals surface area contributed by atoms with Crippen LogP contribution in [0.2, 0.25) is 0 Å². The number of amides is 4. The Labute approximate surface area is 174 Å². The molecule has 0 aromatic heterocycles. The van der Waals surface area contributed by atoms with Crippen LogP contribution in [0.15, 0.2) is 18.2 Å². The first-order valence-electron chi connectivity index (χ1n) is 10.7. The third kappa shape index (κ3) is 3.24. The van der Waals surface area contributed by atoms with E-state index in [0.717, 1.165) is 42.9 Å². The number of carbonyl (C=O) groups is 4. The van der Waals surface area contributed by atoms with Crippen molar-refractivity contribution >= 4 is 23.6 Å². The molecule has 3 heterocycles. The Morgan fingerprint density at radius 3 is 2.53 bits per heavy atom. The summed E-state index contributed by atoms with van der Waals surface area (Å²) in [7, 11) is 0. The summed E-state index contributed by atoms with van der Waals surface area (Å²) in [5.41, 5.74) is 7.80. The molecule has 3 fully saturated rings. The van der Waals surface area contributed by atoms with E-state index in [9.17, 15) is 19.2 Å². The van der Waals surface area contributed by atoms with Crippen molar-refractivity contribution in [2.24, 2.45) is 17.6 Å². The van der Waals surface area contributed by atoms with Gasteiger partial charge in [0.1, 0.15) is 6.04 Å². The molecule has 4 atom stereocenters. The highest BCUT2D eigenvalue weighted by molar-refractivity contribution is 6.23. The molecule has 2 saturated heterocycles. The van der Waals surface area contributed by atoms with Crippen molar-refractivity contribution in [1.29, 1.82) is 0 Å². The molecule has 4 amide bonds. The summed E-state index contributed by atoms with van der Waals surface area (Å²) in [6.07, 6.45) is 3.65. The summed E-state index contributed by atoms with van der Waals surface area (Å²) in [4.78, 5) is 52.8. The molecule has 0 radical (unpaired) electrons. The Morgan fingerprint density at radius 2 is 1.73 bits per heavy atom. The maximum absolute atomic E-state index is 13.0. The Morgan fingerprint density at radius 1 is 0.967 bits per heavy atom. The van der Waals surface area contributed by atoms with Crippen LogP contribution in [0.4, 0.5) is 0 Å². The first-order valence-corrected chi connectivity index (χ1v) is 10.7. The summed E-state index contributed by atoms with van der Waals surface area (Å²) in [5, 5.41) is 2.22. The molecule has 8 heteroatoms. The topological polar surface area (TPSA) is 113 Å². The van der Waals surface area contributed by atoms with Crippen LogP contribution in [0.25, 0.3) is 0 Å². The Hall–Kier alpha value is -2.58. The lowest BCUT2D eigenvalue weighted by atomic mass is 9.79. The normalized spacial score (nSPS) is 31.7. The van der Waals surface area contributed by atoms with Crippen molar-refractivity contribution in [1.82, 2.24) is 15.1 Å². The second kappa shape index (κ2) is 7.28. The monoisotopic (exact) mass is 410 g/mol. The van der Waals surface area contributed by atoms with E-state index in [0.29, 0.717) is 29.0 Å². The predicted octanol–water partition coefficient (Wildman–Crippen LogP) is 0.647. The smallest absolute Gasteiger partial charge is 0.262 e. The molecule has 1 aromatic carbocycles. The maximum Gasteiger partial charge on any atom is 0.262 e. The lowest BCUT2D eigenvalue weighted by Crippen LogP contribution is -2.54. The molecule has 3 N–H and O–H groups in total. The zero-order chi connectivity index (χ0) is 21.0. The van der Waals surface area contributed by atoms with Gasteiger partial charge >= 0.3 is 0 Å². The van der Waals surface area contributed by atoms with Gasteiger partial charge in [-0.3, -0.25) is 34.3 Å². The molecule has 4 unspecified atom stereocenters. The van der Waals surface area contributed by atoms with Crippen molar-refractivity contribution in [2.45, 2.75) is 50.7 Å². The lowest BCUT2D eigenvalue weighted by Gasteiger charge is -2.28. The molecule has 0 spiro atoms. The van der Waals surface area contributed by atoms with E-state index in [2.05, 4.69) is 10.2 Å². The first kappa shape index (κ1) is 19.4. The number of rotatable bonds is 3. The number of imide groups is 2. The SMILES string of the molecule is NC1CCC2CN(Cc3ccc4c(c3)C(=O)N(C3CCC(=O)NC3=O)C4=O)CC2C1. The number of nitrogens with zero attached hydrogens (tertiary/aromatic N) is 2. The van der Waals surface area contributed by atoms with Gasteiger partial charge in [0, 0.05) is 32.1 Å². The highest BCUT2D eigenvalue weighted by Gasteiger charge is 2.44. The number of benzene rings is 1. The molecule has 0 bridgehead atoms. The molecule has 158 valence electrons. The summed E-state index contributed by atoms with van der Waals surface area (Å²) >= 11 is 0. The van der Waals surface area contributed by atoms with Crippen LogP contribution >= 0.6 is 0 Å². The van der Waals surface area contributed by atoms with Gasteiger partial charge in [0.2, 0.25) is 11.8 Å². The molecule has 3 aliphatic heterocycles. The van der Waals surface area contributed by atoms with Gasteiger partial charge in [0.05, 0.1) is 11.1 Å². The van der Waals surface area contributed by atoms with E-state index < -0.39 is 23.8 Å². The van der Waals surface area contributed by atoms with Gasteiger partial charge in [-0.1, -0.05) is 6.07 Å². The number of hydrogen-bond donors (Lipinski definition) is 2. The third-order valence-electron chi connectivity index (χ3n) is 7.08. The fourth-order valence-electron chi connectivity index (χ4n) is 5.57. The van der Waals surface area contributed by atoms with Crippen LogP contribution in [-0.4, -0.2) is 58.6 Å². The zero-order valence-electron chi connectivity index (χ0n) is 16.8. The van der Waals surface area contributed by atoms with E-state index in [4.69, 9.17) is 5.73 Å². The van der Waals surface area contributed by atoms with Crippen molar-refractivity contribution < 1.29 is 19.2 Å². The van der Waals surface area contributed by atoms with Gasteiger partial charge in [-0.25, -0.2) is 0 Å². The zero-order valence-corrected chi connectivity index (χ0v) is 16.8. The fraction of sp³-hybridized carbons (Fsp3) is 0.545. The number of nitrogens with two attached hydrogens (primary N) is 1. The second-order valence-electron chi connectivity index (χ2n) is 9.11. The quantitative estimate of drug-likeness (QED) is 0.708. The van der Waals surface area contributed by atoms with E-state index >= 15 is 0 Å². The lowest BCUT2D eigenvalue weighted by molar-refractivity contribution is -0.136. The standard InChI is InChI=1S/C22H26N4O4/c23-15-3-2-13-10-25(11-14(13)8-15)9-12-1-4-16-17(7-12)22(30)26(21(16)29)18-5-6-19(27)24-20(18)28/h1,4,7,13-15,18H,2-3,5-6,8-11,23H2,(H,24,27,28). The summed E-state index contributed by atoms with van der Waals surface area (Å²) in [6, 6.07) is 4.76. The molecule has 1 saturated carbocycles. The number of piperidine rings is 1. The van der Waals surface area contributed by atoms with Crippen molar-refractivity contribution in [2.75, 3.05) is 13.1 Å². The molecule has 5 rings (SSSR count). The van der Waals surface area contributed by atoms with Gasteiger partial charge in [-0.05, 0) is 55.2 Å². The van der Waals surface area contributed by atoms with Gasteiger partial charge in [-0.15, -0.1) is 0 Å². The molecule has 1 aromatic rings. The number of hydrogen-bond acceptors (Lipinski definition) is 6. The van der Waals surface area contributed by atoms with Crippen molar-refractivity contribution in [3.8, 4) is 0 Å². The van der Waals surface area contributed by atoms with Crippen LogP contribution in [0.3, 0.4) is 0 Å². The van der Waals surface area contributed by atoms with Crippen molar-refractivity contribution in [3.63, 3.8) is 0 Å². The summed E-state index contributed by atoms with van der Waals surface area (Å²) in [5.74, 6) is -0.523. The Kier molecular flexibility index (Phi) is 4.71. The van der Waals surface area contributed by atoms with Gasteiger partial charge in [-0.2, -0.15) is 0 Å². The largest absolute Gasteiger partial charge is 0.328 e. The van der Waals surface area contributed by atoms with Crippen LogP contribution in [0.5, 0.6) is 0 Å². The van der Waals surface area contributed by atoms with Crippen LogP contribution < -0.4 is 11.1 Å². The molecular formula is C22H26N4O4. The van der Waals surface area contributed by atoms with Gasteiger partial charge in [0.25, 0.3) is 11.8 Å². The van der Waals surface area contributed by atoms with Gasteiger partial charge in [0.15, 0.2) is 0 Å². The molecule has 8 nitrogen and oxygen atoms in total.